The first-order valence-corrected chi connectivity index (χ1v) is 8.91. The van der Waals surface area contributed by atoms with Crippen molar-refractivity contribution >= 4 is 21.8 Å². The number of nitrogens with two attached hydrogens (primary N) is 1. The van der Waals surface area contributed by atoms with E-state index >= 15 is 0 Å². The number of ether oxygens (including phenoxy) is 2. The van der Waals surface area contributed by atoms with Gasteiger partial charge in [0.15, 0.2) is 11.5 Å². The van der Waals surface area contributed by atoms with Crippen molar-refractivity contribution < 1.29 is 14.3 Å². The Kier molecular flexibility index (Phi) is 6.72. The van der Waals surface area contributed by atoms with Gasteiger partial charge < -0.3 is 20.5 Å². The Morgan fingerprint density at radius 3 is 2.87 bits per heavy atom. The van der Waals surface area contributed by atoms with Crippen molar-refractivity contribution in [3.05, 3.63) is 22.2 Å². The lowest BCUT2D eigenvalue weighted by molar-refractivity contribution is 0.0928. The Bertz CT molecular complexity index is 551. The number of nitrogens with one attached hydrogen (secondary N) is 1. The molecule has 1 aliphatic rings. The summed E-state index contributed by atoms with van der Waals surface area (Å²) < 4.78 is 11.8. The molecule has 3 N–H and O–H groups in total. The molecule has 23 heavy (non-hydrogen) atoms. The van der Waals surface area contributed by atoms with Crippen molar-refractivity contribution in [3.8, 4) is 11.5 Å². The summed E-state index contributed by atoms with van der Waals surface area (Å²) in [4.78, 5) is 12.5. The first kappa shape index (κ1) is 18.1. The number of halogens is 1. The maximum atomic E-state index is 12.5. The molecule has 1 aromatic rings. The first-order valence-electron chi connectivity index (χ1n) is 8.12. The SMILES string of the molecule is CCCOc1c(Br)cc(C(=O)NC2CCCC2CN)cc1OC. The molecule has 2 atom stereocenters. The molecule has 1 saturated carbocycles. The van der Waals surface area contributed by atoms with Crippen LogP contribution in [0.3, 0.4) is 0 Å². The minimum atomic E-state index is -0.101. The van der Waals surface area contributed by atoms with Gasteiger partial charge in [0.25, 0.3) is 5.91 Å². The fourth-order valence-corrected chi connectivity index (χ4v) is 3.51. The standard InChI is InChI=1S/C17H25BrN2O3/c1-3-7-23-16-13(18)8-12(9-15(16)22-2)17(21)20-14-6-4-5-11(14)10-19/h8-9,11,14H,3-7,10,19H2,1-2H3,(H,20,21). The molecule has 2 unspecified atom stereocenters. The second-order valence-electron chi connectivity index (χ2n) is 5.84. The van der Waals surface area contributed by atoms with E-state index in [0.29, 0.717) is 36.1 Å². The van der Waals surface area contributed by atoms with Gasteiger partial charge in [0.2, 0.25) is 0 Å². The molecular weight excluding hydrogens is 360 g/mol. The summed E-state index contributed by atoms with van der Waals surface area (Å²) in [7, 11) is 1.57. The first-order chi connectivity index (χ1) is 11.1. The van der Waals surface area contributed by atoms with E-state index in [4.69, 9.17) is 15.2 Å². The van der Waals surface area contributed by atoms with Crippen molar-refractivity contribution in [1.82, 2.24) is 5.32 Å². The summed E-state index contributed by atoms with van der Waals surface area (Å²) in [6.07, 6.45) is 4.09. The van der Waals surface area contributed by atoms with Crippen LogP contribution in [-0.2, 0) is 0 Å². The Morgan fingerprint density at radius 1 is 1.43 bits per heavy atom. The van der Waals surface area contributed by atoms with Gasteiger partial charge in [-0.3, -0.25) is 4.79 Å². The van der Waals surface area contributed by atoms with Gasteiger partial charge in [0.1, 0.15) is 0 Å². The third kappa shape index (κ3) is 4.38. The van der Waals surface area contributed by atoms with Crippen LogP contribution in [-0.4, -0.2) is 32.2 Å². The zero-order valence-electron chi connectivity index (χ0n) is 13.7. The van der Waals surface area contributed by atoms with E-state index in [-0.39, 0.29) is 11.9 Å². The van der Waals surface area contributed by atoms with E-state index in [0.717, 1.165) is 30.2 Å². The second-order valence-corrected chi connectivity index (χ2v) is 6.70. The van der Waals surface area contributed by atoms with Crippen LogP contribution in [0.15, 0.2) is 16.6 Å². The third-order valence-corrected chi connectivity index (χ3v) is 4.81. The largest absolute Gasteiger partial charge is 0.493 e. The molecule has 1 aliphatic carbocycles. The average Bonchev–Trinajstić information content (AvgIpc) is 3.00. The van der Waals surface area contributed by atoms with Gasteiger partial charge in [-0.2, -0.15) is 0 Å². The summed E-state index contributed by atoms with van der Waals surface area (Å²) >= 11 is 3.47. The van der Waals surface area contributed by atoms with Gasteiger partial charge in [0.05, 0.1) is 18.2 Å². The molecule has 0 aliphatic heterocycles. The predicted molar refractivity (Wildman–Crippen MR) is 94.1 cm³/mol. The van der Waals surface area contributed by atoms with Gasteiger partial charge in [0, 0.05) is 11.6 Å². The Balaban J connectivity index is 2.15. The van der Waals surface area contributed by atoms with Crippen molar-refractivity contribution in [3.63, 3.8) is 0 Å². The summed E-state index contributed by atoms with van der Waals surface area (Å²) in [5, 5.41) is 3.10. The lowest BCUT2D eigenvalue weighted by Gasteiger charge is -2.20. The lowest BCUT2D eigenvalue weighted by Crippen LogP contribution is -2.39. The lowest BCUT2D eigenvalue weighted by atomic mass is 10.0. The molecule has 0 radical (unpaired) electrons. The van der Waals surface area contributed by atoms with E-state index in [1.807, 2.05) is 6.92 Å². The van der Waals surface area contributed by atoms with E-state index in [1.54, 1.807) is 19.2 Å². The maximum Gasteiger partial charge on any atom is 0.251 e. The van der Waals surface area contributed by atoms with Gasteiger partial charge in [-0.25, -0.2) is 0 Å². The van der Waals surface area contributed by atoms with E-state index in [2.05, 4.69) is 21.2 Å². The van der Waals surface area contributed by atoms with Crippen LogP contribution in [0.1, 0.15) is 43.0 Å². The fourth-order valence-electron chi connectivity index (χ4n) is 2.96. The van der Waals surface area contributed by atoms with Crippen LogP contribution in [0.5, 0.6) is 11.5 Å². The van der Waals surface area contributed by atoms with E-state index in [9.17, 15) is 4.79 Å². The zero-order valence-corrected chi connectivity index (χ0v) is 15.3. The summed E-state index contributed by atoms with van der Waals surface area (Å²) in [6.45, 7) is 3.25. The van der Waals surface area contributed by atoms with Crippen LogP contribution in [0, 0.1) is 5.92 Å². The maximum absolute atomic E-state index is 12.5. The molecule has 0 aromatic heterocycles. The molecule has 5 nitrogen and oxygen atoms in total. The zero-order chi connectivity index (χ0) is 16.8. The molecule has 1 amide bonds. The molecular formula is C17H25BrN2O3. The smallest absolute Gasteiger partial charge is 0.251 e. The number of benzene rings is 1. The summed E-state index contributed by atoms with van der Waals surface area (Å²) in [5.74, 6) is 1.46. The topological polar surface area (TPSA) is 73.6 Å². The Labute approximate surface area is 146 Å². The molecule has 0 heterocycles. The van der Waals surface area contributed by atoms with Crippen molar-refractivity contribution in [2.75, 3.05) is 20.3 Å². The Hall–Kier alpha value is -1.27. The number of hydrogen-bond donors (Lipinski definition) is 2. The monoisotopic (exact) mass is 384 g/mol. The van der Waals surface area contributed by atoms with Crippen LogP contribution < -0.4 is 20.5 Å². The van der Waals surface area contributed by atoms with E-state index < -0.39 is 0 Å². The number of methoxy groups -OCH3 is 1. The molecule has 1 fully saturated rings. The minimum absolute atomic E-state index is 0.101. The molecule has 128 valence electrons. The number of carbonyl (C=O) groups excluding carboxylic acids is 1. The quantitative estimate of drug-likeness (QED) is 0.757. The third-order valence-electron chi connectivity index (χ3n) is 4.22. The van der Waals surface area contributed by atoms with Gasteiger partial charge >= 0.3 is 0 Å². The highest BCUT2D eigenvalue weighted by Gasteiger charge is 2.28. The second kappa shape index (κ2) is 8.55. The number of hydrogen-bond acceptors (Lipinski definition) is 4. The number of rotatable bonds is 7. The van der Waals surface area contributed by atoms with Gasteiger partial charge in [-0.05, 0) is 59.8 Å². The van der Waals surface area contributed by atoms with Gasteiger partial charge in [-0.1, -0.05) is 13.3 Å². The fraction of sp³-hybridized carbons (Fsp3) is 0.588. The average molecular weight is 385 g/mol. The Morgan fingerprint density at radius 2 is 2.22 bits per heavy atom. The minimum Gasteiger partial charge on any atom is -0.493 e. The predicted octanol–water partition coefficient (Wildman–Crippen LogP) is 3.10. The highest BCUT2D eigenvalue weighted by atomic mass is 79.9. The van der Waals surface area contributed by atoms with E-state index in [1.165, 1.54) is 0 Å². The molecule has 0 saturated heterocycles. The number of amides is 1. The number of carbonyl (C=O) groups is 1. The van der Waals surface area contributed by atoms with Crippen LogP contribution in [0.4, 0.5) is 0 Å². The normalized spacial score (nSPS) is 20.3. The summed E-state index contributed by atoms with van der Waals surface area (Å²) in [5.41, 5.74) is 6.34. The van der Waals surface area contributed by atoms with Crippen molar-refractivity contribution in [2.45, 2.75) is 38.6 Å². The molecule has 2 rings (SSSR count). The summed E-state index contributed by atoms with van der Waals surface area (Å²) in [6, 6.07) is 3.65. The van der Waals surface area contributed by atoms with Crippen LogP contribution >= 0.6 is 15.9 Å². The highest BCUT2D eigenvalue weighted by Crippen LogP contribution is 2.37. The van der Waals surface area contributed by atoms with Crippen molar-refractivity contribution in [2.24, 2.45) is 11.7 Å². The van der Waals surface area contributed by atoms with Crippen molar-refractivity contribution in [1.29, 1.82) is 0 Å². The molecule has 1 aromatic carbocycles. The van der Waals surface area contributed by atoms with Crippen LogP contribution in [0.25, 0.3) is 0 Å². The highest BCUT2D eigenvalue weighted by molar-refractivity contribution is 9.10. The molecule has 0 spiro atoms. The van der Waals surface area contributed by atoms with Crippen LogP contribution in [0.2, 0.25) is 0 Å². The molecule has 0 bridgehead atoms. The molecule has 6 heteroatoms. The van der Waals surface area contributed by atoms with Gasteiger partial charge in [-0.15, -0.1) is 0 Å².